The van der Waals surface area contributed by atoms with Gasteiger partial charge in [-0.05, 0) is 25.1 Å². The second kappa shape index (κ2) is 6.14. The fourth-order valence-electron chi connectivity index (χ4n) is 2.08. The molecule has 5 heteroatoms. The molecule has 0 aromatic heterocycles. The molecule has 0 aliphatic heterocycles. The Balaban J connectivity index is 2.31. The molecule has 2 aromatic carbocycles. The molecule has 0 spiro atoms. The van der Waals surface area contributed by atoms with Gasteiger partial charge in [-0.2, -0.15) is 0 Å². The molecule has 0 saturated heterocycles. The lowest BCUT2D eigenvalue weighted by Crippen LogP contribution is -2.30. The molecule has 1 amide bonds. The van der Waals surface area contributed by atoms with Gasteiger partial charge in [0.15, 0.2) is 0 Å². The third-order valence-electron chi connectivity index (χ3n) is 3.47. The predicted octanol–water partition coefficient (Wildman–Crippen LogP) is 4.02. The molecule has 2 aromatic rings. The van der Waals surface area contributed by atoms with Gasteiger partial charge in [0.25, 0.3) is 5.91 Å². The molecule has 1 atom stereocenters. The number of phenolic OH excluding ortho intramolecular Hbond substituents is 1. The molecule has 0 aliphatic rings. The van der Waals surface area contributed by atoms with Crippen molar-refractivity contribution in [1.82, 2.24) is 4.90 Å². The van der Waals surface area contributed by atoms with Crippen LogP contribution in [0.25, 0.3) is 0 Å². The fraction of sp³-hybridized carbons (Fsp3) is 0.188. The zero-order chi connectivity index (χ0) is 15.6. The Labute approximate surface area is 127 Å². The minimum atomic E-state index is -0.633. The van der Waals surface area contributed by atoms with E-state index < -0.39 is 11.7 Å². The van der Waals surface area contributed by atoms with E-state index in [1.165, 1.54) is 23.1 Å². The third kappa shape index (κ3) is 3.00. The van der Waals surface area contributed by atoms with E-state index in [4.69, 9.17) is 11.6 Å². The van der Waals surface area contributed by atoms with Crippen LogP contribution in [0.1, 0.15) is 28.9 Å². The average Bonchev–Trinajstić information content (AvgIpc) is 2.48. The lowest BCUT2D eigenvalue weighted by molar-refractivity contribution is 0.0741. The Morgan fingerprint density at radius 3 is 2.57 bits per heavy atom. The number of hydrogen-bond acceptors (Lipinski definition) is 2. The van der Waals surface area contributed by atoms with Crippen molar-refractivity contribution >= 4 is 17.5 Å². The second-order valence-corrected chi connectivity index (χ2v) is 5.13. The van der Waals surface area contributed by atoms with Gasteiger partial charge >= 0.3 is 0 Å². The summed E-state index contributed by atoms with van der Waals surface area (Å²) in [5.41, 5.74) is 0.710. The molecule has 0 saturated carbocycles. The van der Waals surface area contributed by atoms with Crippen molar-refractivity contribution in [2.24, 2.45) is 0 Å². The normalized spacial score (nSPS) is 12.0. The van der Waals surface area contributed by atoms with Gasteiger partial charge in [-0.1, -0.05) is 35.9 Å². The molecule has 110 valence electrons. The first kappa shape index (κ1) is 15.3. The average molecular weight is 308 g/mol. The van der Waals surface area contributed by atoms with Gasteiger partial charge in [-0.25, -0.2) is 4.39 Å². The fourth-order valence-corrected chi connectivity index (χ4v) is 2.29. The van der Waals surface area contributed by atoms with E-state index in [9.17, 15) is 14.3 Å². The number of hydrogen-bond donors (Lipinski definition) is 1. The zero-order valence-corrected chi connectivity index (χ0v) is 12.4. The van der Waals surface area contributed by atoms with Crippen LogP contribution < -0.4 is 0 Å². The van der Waals surface area contributed by atoms with Crippen LogP contribution in [-0.4, -0.2) is 23.0 Å². The summed E-state index contributed by atoms with van der Waals surface area (Å²) in [5, 5.41) is 9.66. The van der Waals surface area contributed by atoms with Crippen molar-refractivity contribution in [1.29, 1.82) is 0 Å². The summed E-state index contributed by atoms with van der Waals surface area (Å²) in [7, 11) is 1.58. The highest BCUT2D eigenvalue weighted by atomic mass is 35.5. The smallest absolute Gasteiger partial charge is 0.255 e. The lowest BCUT2D eigenvalue weighted by Gasteiger charge is -2.26. The minimum absolute atomic E-state index is 0.0986. The molecule has 0 bridgehead atoms. The Kier molecular flexibility index (Phi) is 4.48. The van der Waals surface area contributed by atoms with E-state index in [0.717, 1.165) is 0 Å². The standard InChI is InChI=1S/C16H15ClFNO2/c1-10(11-6-3-4-9-14(11)20)19(2)16(21)12-7-5-8-13(18)15(12)17/h3-10,20H,1-2H3. The monoisotopic (exact) mass is 307 g/mol. The van der Waals surface area contributed by atoms with Gasteiger partial charge in [0, 0.05) is 12.6 Å². The van der Waals surface area contributed by atoms with Crippen molar-refractivity contribution in [3.8, 4) is 5.75 Å². The number of halogens is 2. The number of carbonyl (C=O) groups excluding carboxylic acids is 1. The molecule has 0 heterocycles. The molecule has 1 unspecified atom stereocenters. The van der Waals surface area contributed by atoms with Crippen molar-refractivity contribution in [3.05, 3.63) is 64.4 Å². The predicted molar refractivity (Wildman–Crippen MR) is 80.0 cm³/mol. The number of para-hydroxylation sites is 1. The van der Waals surface area contributed by atoms with E-state index in [1.54, 1.807) is 38.2 Å². The number of nitrogens with zero attached hydrogens (tertiary/aromatic N) is 1. The Hall–Kier alpha value is -2.07. The van der Waals surface area contributed by atoms with Crippen molar-refractivity contribution < 1.29 is 14.3 Å². The van der Waals surface area contributed by atoms with Gasteiger partial charge in [0.2, 0.25) is 0 Å². The number of phenols is 1. The number of rotatable bonds is 3. The number of benzene rings is 2. The van der Waals surface area contributed by atoms with E-state index in [0.29, 0.717) is 5.56 Å². The van der Waals surface area contributed by atoms with Crippen LogP contribution >= 0.6 is 11.6 Å². The zero-order valence-electron chi connectivity index (χ0n) is 11.7. The van der Waals surface area contributed by atoms with Crippen molar-refractivity contribution in [3.63, 3.8) is 0 Å². The van der Waals surface area contributed by atoms with Gasteiger partial charge in [-0.15, -0.1) is 0 Å². The van der Waals surface area contributed by atoms with Gasteiger partial charge < -0.3 is 10.0 Å². The van der Waals surface area contributed by atoms with Gasteiger partial charge in [0.1, 0.15) is 11.6 Å². The quantitative estimate of drug-likeness (QED) is 0.930. The summed E-state index contributed by atoms with van der Waals surface area (Å²) in [6, 6.07) is 10.5. The SMILES string of the molecule is CC(c1ccccc1O)N(C)C(=O)c1cccc(F)c1Cl. The molecular weight excluding hydrogens is 293 g/mol. The lowest BCUT2D eigenvalue weighted by atomic mass is 10.0. The van der Waals surface area contributed by atoms with Crippen LogP contribution in [-0.2, 0) is 0 Å². The van der Waals surface area contributed by atoms with Crippen LogP contribution in [0.5, 0.6) is 5.75 Å². The van der Waals surface area contributed by atoms with Gasteiger partial charge in [0.05, 0.1) is 16.6 Å². The first-order chi connectivity index (χ1) is 9.93. The van der Waals surface area contributed by atoms with Crippen LogP contribution in [0.3, 0.4) is 0 Å². The third-order valence-corrected chi connectivity index (χ3v) is 3.85. The van der Waals surface area contributed by atoms with Crippen LogP contribution in [0.15, 0.2) is 42.5 Å². The molecular formula is C16H15ClFNO2. The molecule has 0 aliphatic carbocycles. The molecule has 2 rings (SSSR count). The number of carbonyl (C=O) groups is 1. The van der Waals surface area contributed by atoms with Crippen LogP contribution in [0, 0.1) is 5.82 Å². The molecule has 1 N–H and O–H groups in total. The molecule has 3 nitrogen and oxygen atoms in total. The maximum atomic E-state index is 13.4. The first-order valence-corrected chi connectivity index (χ1v) is 6.80. The number of aromatic hydroxyl groups is 1. The highest BCUT2D eigenvalue weighted by Crippen LogP contribution is 2.29. The highest BCUT2D eigenvalue weighted by molar-refractivity contribution is 6.34. The summed E-state index contributed by atoms with van der Waals surface area (Å²) < 4.78 is 13.4. The van der Waals surface area contributed by atoms with E-state index >= 15 is 0 Å². The van der Waals surface area contributed by atoms with Crippen molar-refractivity contribution in [2.45, 2.75) is 13.0 Å². The van der Waals surface area contributed by atoms with E-state index in [1.807, 2.05) is 0 Å². The van der Waals surface area contributed by atoms with Crippen LogP contribution in [0.4, 0.5) is 4.39 Å². The summed E-state index contributed by atoms with van der Waals surface area (Å²) in [4.78, 5) is 13.8. The van der Waals surface area contributed by atoms with E-state index in [2.05, 4.69) is 0 Å². The van der Waals surface area contributed by atoms with E-state index in [-0.39, 0.29) is 22.4 Å². The first-order valence-electron chi connectivity index (χ1n) is 6.42. The summed E-state index contributed by atoms with van der Waals surface area (Å²) in [6.07, 6.45) is 0. The highest BCUT2D eigenvalue weighted by Gasteiger charge is 2.23. The molecule has 0 fully saturated rings. The second-order valence-electron chi connectivity index (χ2n) is 4.75. The maximum Gasteiger partial charge on any atom is 0.255 e. The Bertz CT molecular complexity index is 675. The maximum absolute atomic E-state index is 13.4. The van der Waals surface area contributed by atoms with Crippen LogP contribution in [0.2, 0.25) is 5.02 Å². The Morgan fingerprint density at radius 2 is 1.90 bits per heavy atom. The number of amides is 1. The topological polar surface area (TPSA) is 40.5 Å². The van der Waals surface area contributed by atoms with Gasteiger partial charge in [-0.3, -0.25) is 4.79 Å². The Morgan fingerprint density at radius 1 is 1.24 bits per heavy atom. The largest absolute Gasteiger partial charge is 0.508 e. The van der Waals surface area contributed by atoms with Crippen molar-refractivity contribution in [2.75, 3.05) is 7.05 Å². The molecule has 21 heavy (non-hydrogen) atoms. The summed E-state index contributed by atoms with van der Waals surface area (Å²) in [6.45, 7) is 1.78. The summed E-state index contributed by atoms with van der Waals surface area (Å²) in [5.74, 6) is -0.934. The molecule has 0 radical (unpaired) electrons. The summed E-state index contributed by atoms with van der Waals surface area (Å²) >= 11 is 5.84. The minimum Gasteiger partial charge on any atom is -0.508 e.